The number of nitrogens with one attached hydrogen (secondary N) is 1. The van der Waals surface area contributed by atoms with Crippen molar-refractivity contribution in [1.29, 1.82) is 0 Å². The maximum absolute atomic E-state index is 3.66. The number of rotatable bonds is 8. The standard InChI is InChI=1S/C25H31N3.HI/c1-5-6-9-18-26-24-19-22(28(4)25-11-8-7-10-23(24)25)17-14-20-12-15-21(16-13-20)27(2)3;/h7-8,10-17,19H,5-6,9,18H2,1-4H3;1H/b17-14+;. The molecule has 0 saturated heterocycles. The Morgan fingerprint density at radius 2 is 1.69 bits per heavy atom. The number of aryl methyl sites for hydroxylation is 1. The van der Waals surface area contributed by atoms with Crippen LogP contribution in [0.4, 0.5) is 11.4 Å². The van der Waals surface area contributed by atoms with Gasteiger partial charge < -0.3 is 34.2 Å². The Morgan fingerprint density at radius 1 is 0.966 bits per heavy atom. The van der Waals surface area contributed by atoms with Gasteiger partial charge in [-0.25, -0.2) is 0 Å². The smallest absolute Gasteiger partial charge is 0.214 e. The van der Waals surface area contributed by atoms with Gasteiger partial charge in [0.1, 0.15) is 7.05 Å². The van der Waals surface area contributed by atoms with Crippen LogP contribution in [0, 0.1) is 0 Å². The molecule has 0 radical (unpaired) electrons. The number of para-hydroxylation sites is 1. The molecule has 3 nitrogen and oxygen atoms in total. The third-order valence-electron chi connectivity index (χ3n) is 5.19. The van der Waals surface area contributed by atoms with Gasteiger partial charge in [-0.05, 0) is 36.3 Å². The summed E-state index contributed by atoms with van der Waals surface area (Å²) in [5.74, 6) is 0. The van der Waals surface area contributed by atoms with E-state index >= 15 is 0 Å². The van der Waals surface area contributed by atoms with Crippen molar-refractivity contribution in [3.05, 3.63) is 65.9 Å². The maximum atomic E-state index is 3.66. The van der Waals surface area contributed by atoms with Crippen molar-refractivity contribution >= 4 is 34.4 Å². The Balaban J connectivity index is 0.00000300. The van der Waals surface area contributed by atoms with E-state index in [1.807, 2.05) is 0 Å². The van der Waals surface area contributed by atoms with Crippen LogP contribution in [0.2, 0.25) is 0 Å². The molecule has 0 unspecified atom stereocenters. The van der Waals surface area contributed by atoms with Crippen molar-refractivity contribution in [2.24, 2.45) is 7.05 Å². The number of hydrogen-bond acceptors (Lipinski definition) is 2. The summed E-state index contributed by atoms with van der Waals surface area (Å²) in [4.78, 5) is 2.12. The second-order valence-electron chi connectivity index (χ2n) is 7.51. The highest BCUT2D eigenvalue weighted by molar-refractivity contribution is 5.90. The van der Waals surface area contributed by atoms with Crippen LogP contribution < -0.4 is 38.8 Å². The number of aromatic nitrogens is 1. The number of hydrogen-bond donors (Lipinski definition) is 1. The lowest BCUT2D eigenvalue weighted by atomic mass is 10.1. The highest BCUT2D eigenvalue weighted by Gasteiger charge is 2.14. The molecular formula is C25H32IN3. The van der Waals surface area contributed by atoms with Gasteiger partial charge in [-0.15, -0.1) is 0 Å². The van der Waals surface area contributed by atoms with Gasteiger partial charge in [0, 0.05) is 44.5 Å². The number of pyridine rings is 1. The molecule has 0 aliphatic carbocycles. The molecule has 2 aromatic carbocycles. The number of benzene rings is 2. The summed E-state index contributed by atoms with van der Waals surface area (Å²) in [5, 5.41) is 4.93. The third kappa shape index (κ3) is 5.95. The Labute approximate surface area is 192 Å². The van der Waals surface area contributed by atoms with Crippen molar-refractivity contribution in [2.45, 2.75) is 26.2 Å². The molecule has 0 atom stereocenters. The fourth-order valence-electron chi connectivity index (χ4n) is 3.42. The highest BCUT2D eigenvalue weighted by atomic mass is 127. The molecule has 29 heavy (non-hydrogen) atoms. The van der Waals surface area contributed by atoms with E-state index in [1.54, 1.807) is 0 Å². The van der Waals surface area contributed by atoms with Crippen LogP contribution in [-0.4, -0.2) is 20.6 Å². The number of nitrogens with zero attached hydrogens (tertiary/aromatic N) is 2. The van der Waals surface area contributed by atoms with E-state index in [0.717, 1.165) is 6.54 Å². The predicted octanol–water partition coefficient (Wildman–Crippen LogP) is 2.51. The lowest BCUT2D eigenvalue weighted by Crippen LogP contribution is -3.00. The summed E-state index contributed by atoms with van der Waals surface area (Å²) >= 11 is 0. The van der Waals surface area contributed by atoms with Crippen LogP contribution in [0.25, 0.3) is 23.1 Å². The van der Waals surface area contributed by atoms with Gasteiger partial charge in [0.15, 0.2) is 0 Å². The Hall–Kier alpha value is -2.08. The van der Waals surface area contributed by atoms with Gasteiger partial charge >= 0.3 is 0 Å². The lowest BCUT2D eigenvalue weighted by molar-refractivity contribution is -0.646. The summed E-state index contributed by atoms with van der Waals surface area (Å²) in [6.45, 7) is 3.26. The molecule has 0 bridgehead atoms. The van der Waals surface area contributed by atoms with E-state index in [1.165, 1.54) is 52.8 Å². The minimum absolute atomic E-state index is 0. The van der Waals surface area contributed by atoms with Gasteiger partial charge in [-0.1, -0.05) is 44.0 Å². The highest BCUT2D eigenvalue weighted by Crippen LogP contribution is 2.23. The van der Waals surface area contributed by atoms with Crippen LogP contribution in [0.1, 0.15) is 37.4 Å². The number of unbranched alkanes of at least 4 members (excludes halogenated alkanes) is 2. The van der Waals surface area contributed by atoms with Crippen LogP contribution in [0.3, 0.4) is 0 Å². The van der Waals surface area contributed by atoms with Gasteiger partial charge in [0.2, 0.25) is 11.2 Å². The predicted molar refractivity (Wildman–Crippen MR) is 123 cm³/mol. The van der Waals surface area contributed by atoms with Crippen molar-refractivity contribution in [3.63, 3.8) is 0 Å². The molecule has 0 aliphatic rings. The average molecular weight is 501 g/mol. The number of halogens is 1. The van der Waals surface area contributed by atoms with Gasteiger partial charge in [-0.3, -0.25) is 0 Å². The Kier molecular flexibility index (Phi) is 8.96. The minimum Gasteiger partial charge on any atom is -1.00 e. The summed E-state index contributed by atoms with van der Waals surface area (Å²) in [5.41, 5.74) is 6.06. The molecule has 4 heteroatoms. The van der Waals surface area contributed by atoms with Crippen LogP contribution in [0.15, 0.2) is 54.6 Å². The van der Waals surface area contributed by atoms with Crippen LogP contribution in [-0.2, 0) is 7.05 Å². The first-order valence-corrected chi connectivity index (χ1v) is 10.2. The molecule has 0 aliphatic heterocycles. The summed E-state index contributed by atoms with van der Waals surface area (Å²) in [6.07, 6.45) is 8.10. The molecular weight excluding hydrogens is 469 g/mol. The second-order valence-corrected chi connectivity index (χ2v) is 7.51. The van der Waals surface area contributed by atoms with Gasteiger partial charge in [0.05, 0.1) is 11.1 Å². The Morgan fingerprint density at radius 3 is 2.38 bits per heavy atom. The van der Waals surface area contributed by atoms with Crippen LogP contribution in [0.5, 0.6) is 0 Å². The summed E-state index contributed by atoms with van der Waals surface area (Å²) < 4.78 is 2.26. The summed E-state index contributed by atoms with van der Waals surface area (Å²) in [7, 11) is 6.27. The Bertz CT molecular complexity index is 946. The van der Waals surface area contributed by atoms with Crippen molar-refractivity contribution < 1.29 is 28.5 Å². The van der Waals surface area contributed by atoms with Crippen molar-refractivity contribution in [3.8, 4) is 0 Å². The zero-order valence-corrected chi connectivity index (χ0v) is 20.1. The topological polar surface area (TPSA) is 19.1 Å². The van der Waals surface area contributed by atoms with Gasteiger partial charge in [0.25, 0.3) is 0 Å². The SMILES string of the molecule is CCCCCNc1cc(/C=C/c2ccc(N(C)C)cc2)[n+](C)c2ccccc12.[I-]. The third-order valence-corrected chi connectivity index (χ3v) is 5.19. The normalized spacial score (nSPS) is 10.9. The molecule has 1 aromatic heterocycles. The molecule has 0 saturated carbocycles. The van der Waals surface area contributed by atoms with E-state index in [4.69, 9.17) is 0 Å². The summed E-state index contributed by atoms with van der Waals surface area (Å²) in [6, 6.07) is 19.5. The monoisotopic (exact) mass is 501 g/mol. The first-order valence-electron chi connectivity index (χ1n) is 10.2. The fraction of sp³-hybridized carbons (Fsp3) is 0.320. The first-order chi connectivity index (χ1) is 13.6. The molecule has 0 amide bonds. The second kappa shape index (κ2) is 11.2. The fourth-order valence-corrected chi connectivity index (χ4v) is 3.42. The largest absolute Gasteiger partial charge is 1.00 e. The average Bonchev–Trinajstić information content (AvgIpc) is 2.72. The quantitative estimate of drug-likeness (QED) is 0.291. The molecule has 3 rings (SSSR count). The van der Waals surface area contributed by atoms with E-state index in [-0.39, 0.29) is 24.0 Å². The van der Waals surface area contributed by atoms with Crippen LogP contribution >= 0.6 is 0 Å². The molecule has 1 N–H and O–H groups in total. The molecule has 0 spiro atoms. The first kappa shape index (κ1) is 23.2. The molecule has 3 aromatic rings. The lowest BCUT2D eigenvalue weighted by Gasteiger charge is -2.12. The van der Waals surface area contributed by atoms with E-state index in [9.17, 15) is 0 Å². The van der Waals surface area contributed by atoms with Gasteiger partial charge in [-0.2, -0.15) is 4.57 Å². The van der Waals surface area contributed by atoms with E-state index in [2.05, 4.69) is 110 Å². The number of fused-ring (bicyclic) bond motifs is 1. The zero-order chi connectivity index (χ0) is 19.9. The zero-order valence-electron chi connectivity index (χ0n) is 18.0. The number of anilines is 2. The molecule has 154 valence electrons. The molecule has 0 fully saturated rings. The maximum Gasteiger partial charge on any atom is 0.214 e. The van der Waals surface area contributed by atoms with E-state index in [0.29, 0.717) is 0 Å². The van der Waals surface area contributed by atoms with Crippen molar-refractivity contribution in [1.82, 2.24) is 0 Å². The minimum atomic E-state index is 0. The van der Waals surface area contributed by atoms with Crippen molar-refractivity contribution in [2.75, 3.05) is 30.9 Å². The van der Waals surface area contributed by atoms with E-state index < -0.39 is 0 Å². The molecule has 1 heterocycles.